The molecule has 3 heterocycles. The van der Waals surface area contributed by atoms with E-state index >= 15 is 0 Å². The van der Waals surface area contributed by atoms with Crippen molar-refractivity contribution in [2.45, 2.75) is 32.5 Å². The number of halogens is 3. The van der Waals surface area contributed by atoms with Gasteiger partial charge in [0.05, 0.1) is 5.69 Å². The summed E-state index contributed by atoms with van der Waals surface area (Å²) in [5, 5.41) is 10.6. The van der Waals surface area contributed by atoms with E-state index in [4.69, 9.17) is 0 Å². The standard InChI is InChI=1S/C27H26F3N5O/c1-17-14-20(8-9-23(17)27(28,29)30)24-21-10-11-31-15-22(21)25(33-32-24)35-13-12-34(16-18(35)2)26(36)19-6-4-3-5-7-19/h3-11,15,17-18H,12-14,16H2,1-2H3. The Labute approximate surface area is 207 Å². The number of aromatic nitrogens is 3. The van der Waals surface area contributed by atoms with Gasteiger partial charge in [0.25, 0.3) is 5.91 Å². The van der Waals surface area contributed by atoms with Crippen molar-refractivity contribution in [3.63, 3.8) is 0 Å². The Morgan fingerprint density at radius 2 is 1.78 bits per heavy atom. The number of allylic oxidation sites excluding steroid dienone is 4. The average Bonchev–Trinajstić information content (AvgIpc) is 2.87. The molecule has 2 atom stereocenters. The van der Waals surface area contributed by atoms with Gasteiger partial charge < -0.3 is 9.80 Å². The van der Waals surface area contributed by atoms with E-state index in [1.165, 1.54) is 6.08 Å². The van der Waals surface area contributed by atoms with Crippen molar-refractivity contribution in [1.29, 1.82) is 0 Å². The van der Waals surface area contributed by atoms with E-state index in [-0.39, 0.29) is 18.4 Å². The molecule has 9 heteroatoms. The van der Waals surface area contributed by atoms with Gasteiger partial charge in [-0.2, -0.15) is 13.2 Å². The van der Waals surface area contributed by atoms with Gasteiger partial charge >= 0.3 is 6.18 Å². The molecule has 0 bridgehead atoms. The van der Waals surface area contributed by atoms with E-state index in [1.54, 1.807) is 19.3 Å². The lowest BCUT2D eigenvalue weighted by Crippen LogP contribution is -2.54. The maximum atomic E-state index is 13.3. The molecular weight excluding hydrogens is 467 g/mol. The molecule has 36 heavy (non-hydrogen) atoms. The molecule has 1 aliphatic heterocycles. The molecule has 2 unspecified atom stereocenters. The van der Waals surface area contributed by atoms with E-state index in [9.17, 15) is 18.0 Å². The summed E-state index contributed by atoms with van der Waals surface area (Å²) in [4.78, 5) is 21.2. The summed E-state index contributed by atoms with van der Waals surface area (Å²) in [6.07, 6.45) is 1.92. The van der Waals surface area contributed by atoms with E-state index in [0.29, 0.717) is 36.7 Å². The largest absolute Gasteiger partial charge is 0.412 e. The molecule has 2 aromatic heterocycles. The Bertz CT molecular complexity index is 1350. The van der Waals surface area contributed by atoms with Crippen LogP contribution in [0.1, 0.15) is 36.3 Å². The van der Waals surface area contributed by atoms with Gasteiger partial charge in [-0.25, -0.2) is 0 Å². The second kappa shape index (κ2) is 9.37. The molecule has 1 amide bonds. The summed E-state index contributed by atoms with van der Waals surface area (Å²) in [5.74, 6) is -0.00421. The van der Waals surface area contributed by atoms with Crippen molar-refractivity contribution >= 4 is 28.1 Å². The van der Waals surface area contributed by atoms with Crippen molar-refractivity contribution in [3.8, 4) is 0 Å². The first-order chi connectivity index (χ1) is 17.2. The van der Waals surface area contributed by atoms with Crippen LogP contribution in [0, 0.1) is 5.92 Å². The first-order valence-corrected chi connectivity index (χ1v) is 11.9. The zero-order valence-corrected chi connectivity index (χ0v) is 20.0. The van der Waals surface area contributed by atoms with Gasteiger partial charge in [-0.3, -0.25) is 9.78 Å². The summed E-state index contributed by atoms with van der Waals surface area (Å²) in [6.45, 7) is 5.27. The fourth-order valence-electron chi connectivity index (χ4n) is 5.07. The Hall–Kier alpha value is -3.75. The number of alkyl halides is 3. The molecular formula is C27H26F3N5O. The maximum absolute atomic E-state index is 13.3. The lowest BCUT2D eigenvalue weighted by Gasteiger charge is -2.40. The molecule has 186 valence electrons. The van der Waals surface area contributed by atoms with Crippen molar-refractivity contribution in [1.82, 2.24) is 20.1 Å². The number of hydrogen-bond donors (Lipinski definition) is 0. The number of amides is 1. The van der Waals surface area contributed by atoms with Crippen LogP contribution in [0.4, 0.5) is 19.0 Å². The third kappa shape index (κ3) is 4.45. The van der Waals surface area contributed by atoms with Crippen molar-refractivity contribution in [2.24, 2.45) is 5.92 Å². The predicted molar refractivity (Wildman–Crippen MR) is 132 cm³/mol. The molecule has 6 nitrogen and oxygen atoms in total. The molecule has 1 aromatic carbocycles. The number of pyridine rings is 1. The minimum atomic E-state index is -4.34. The summed E-state index contributed by atoms with van der Waals surface area (Å²) < 4.78 is 39.8. The fourth-order valence-corrected chi connectivity index (χ4v) is 5.07. The summed E-state index contributed by atoms with van der Waals surface area (Å²) in [6, 6.07) is 11.0. The first-order valence-electron chi connectivity index (χ1n) is 11.9. The van der Waals surface area contributed by atoms with Crippen molar-refractivity contribution < 1.29 is 18.0 Å². The van der Waals surface area contributed by atoms with Crippen LogP contribution < -0.4 is 4.90 Å². The van der Waals surface area contributed by atoms with Crippen LogP contribution in [-0.4, -0.2) is 57.8 Å². The van der Waals surface area contributed by atoms with E-state index in [2.05, 4.69) is 20.1 Å². The number of nitrogens with zero attached hydrogens (tertiary/aromatic N) is 5. The lowest BCUT2D eigenvalue weighted by molar-refractivity contribution is -0.0983. The number of piperazine rings is 1. The number of carbonyl (C=O) groups excluding carboxylic acids is 1. The summed E-state index contributed by atoms with van der Waals surface area (Å²) >= 11 is 0. The van der Waals surface area contributed by atoms with Crippen molar-refractivity contribution in [2.75, 3.05) is 24.5 Å². The van der Waals surface area contributed by atoms with E-state index in [0.717, 1.165) is 22.4 Å². The number of hydrogen-bond acceptors (Lipinski definition) is 5. The van der Waals surface area contributed by atoms with E-state index < -0.39 is 17.7 Å². The number of anilines is 1. The molecule has 0 radical (unpaired) electrons. The van der Waals surface area contributed by atoms with Crippen LogP contribution in [-0.2, 0) is 0 Å². The SMILES string of the molecule is CC1CC(c2nnc(N3CCN(C(=O)c4ccccc4)CC3C)c3cnccc23)=CC=C1C(F)(F)F. The highest BCUT2D eigenvalue weighted by Crippen LogP contribution is 2.41. The predicted octanol–water partition coefficient (Wildman–Crippen LogP) is 5.29. The fraction of sp³-hybridized carbons (Fsp3) is 0.333. The summed E-state index contributed by atoms with van der Waals surface area (Å²) in [7, 11) is 0. The maximum Gasteiger partial charge on any atom is 0.412 e. The molecule has 3 aromatic rings. The Kier molecular flexibility index (Phi) is 6.24. The van der Waals surface area contributed by atoms with Gasteiger partial charge in [0, 0.05) is 60.0 Å². The van der Waals surface area contributed by atoms with Crippen LogP contribution >= 0.6 is 0 Å². The van der Waals surface area contributed by atoms with Gasteiger partial charge in [-0.15, -0.1) is 10.2 Å². The molecule has 2 aliphatic rings. The number of carbonyl (C=O) groups is 1. The monoisotopic (exact) mass is 493 g/mol. The zero-order chi connectivity index (χ0) is 25.4. The lowest BCUT2D eigenvalue weighted by atomic mass is 9.86. The van der Waals surface area contributed by atoms with Gasteiger partial charge in [-0.05, 0) is 43.0 Å². The molecule has 0 saturated carbocycles. The smallest absolute Gasteiger partial charge is 0.348 e. The molecule has 0 spiro atoms. The second-order valence-corrected chi connectivity index (χ2v) is 9.37. The highest BCUT2D eigenvalue weighted by Gasteiger charge is 2.38. The van der Waals surface area contributed by atoms with E-state index in [1.807, 2.05) is 48.2 Å². The molecule has 0 N–H and O–H groups in total. The third-order valence-corrected chi connectivity index (χ3v) is 6.92. The zero-order valence-electron chi connectivity index (χ0n) is 20.0. The Morgan fingerprint density at radius 3 is 2.47 bits per heavy atom. The molecule has 1 saturated heterocycles. The third-order valence-electron chi connectivity index (χ3n) is 6.92. The van der Waals surface area contributed by atoms with Crippen molar-refractivity contribution in [3.05, 3.63) is 77.8 Å². The van der Waals surface area contributed by atoms with Crippen LogP contribution in [0.15, 0.2) is 66.5 Å². The number of rotatable bonds is 3. The summed E-state index contributed by atoms with van der Waals surface area (Å²) in [5.41, 5.74) is 1.43. The highest BCUT2D eigenvalue weighted by molar-refractivity contribution is 5.98. The van der Waals surface area contributed by atoms with Crippen LogP contribution in [0.25, 0.3) is 16.3 Å². The topological polar surface area (TPSA) is 62.2 Å². The minimum Gasteiger partial charge on any atom is -0.348 e. The quantitative estimate of drug-likeness (QED) is 0.496. The van der Waals surface area contributed by atoms with Gasteiger partial charge in [-0.1, -0.05) is 37.3 Å². The second-order valence-electron chi connectivity index (χ2n) is 9.37. The number of benzene rings is 1. The van der Waals surface area contributed by atoms with Crippen LogP contribution in [0.3, 0.4) is 0 Å². The number of fused-ring (bicyclic) bond motifs is 1. The first kappa shape index (κ1) is 24.0. The minimum absolute atomic E-state index is 0.000284. The Morgan fingerprint density at radius 1 is 1.00 bits per heavy atom. The molecule has 1 fully saturated rings. The van der Waals surface area contributed by atoms with Gasteiger partial charge in [0.1, 0.15) is 0 Å². The highest BCUT2D eigenvalue weighted by atomic mass is 19.4. The normalized spacial score (nSPS) is 20.8. The van der Waals surface area contributed by atoms with Crippen LogP contribution in [0.5, 0.6) is 0 Å². The molecule has 1 aliphatic carbocycles. The Balaban J connectivity index is 1.44. The average molecular weight is 494 g/mol. The molecule has 5 rings (SSSR count). The van der Waals surface area contributed by atoms with Gasteiger partial charge in [0.2, 0.25) is 0 Å². The van der Waals surface area contributed by atoms with Gasteiger partial charge in [0.15, 0.2) is 5.82 Å². The van der Waals surface area contributed by atoms with Crippen LogP contribution in [0.2, 0.25) is 0 Å².